The number of benzene rings is 3. The Morgan fingerprint density at radius 1 is 0.708 bits per heavy atom. The number of rotatable bonds is 4. The fourth-order valence-electron chi connectivity index (χ4n) is 7.56. The molecular formula is C42H34N6. The molecule has 0 aliphatic heterocycles. The van der Waals surface area contributed by atoms with E-state index >= 15 is 0 Å². The standard InChI is InChI=1S/C42H34N6/c1-41(2,3)29-25-37(45-38(26-29)48-35-18-10-20-43-39(35)40-36(48)19-11-21-44-40)42(28-12-9-13-30(24-28)47-23-22-46(4)27-47)33-16-7-5-14-31(33)32-15-6-8-17-34(32)42/h5-26H,1-4H3. The van der Waals surface area contributed by atoms with Gasteiger partial charge >= 0.3 is 0 Å². The van der Waals surface area contributed by atoms with E-state index in [4.69, 9.17) is 15.0 Å². The van der Waals surface area contributed by atoms with Crippen LogP contribution in [0.2, 0.25) is 0 Å². The highest BCUT2D eigenvalue weighted by atomic mass is 15.1. The van der Waals surface area contributed by atoms with E-state index < -0.39 is 5.41 Å². The first-order valence-corrected chi connectivity index (χ1v) is 16.3. The highest BCUT2D eigenvalue weighted by molar-refractivity contribution is 6.04. The van der Waals surface area contributed by atoms with Crippen LogP contribution in [0.25, 0.3) is 44.7 Å². The molecule has 5 heterocycles. The van der Waals surface area contributed by atoms with E-state index in [1.807, 2.05) is 53.1 Å². The lowest BCUT2D eigenvalue weighted by atomic mass is 9.69. The predicted octanol–water partition coefficient (Wildman–Crippen LogP) is 8.04. The summed E-state index contributed by atoms with van der Waals surface area (Å²) in [5.41, 5.74) is 12.1. The third-order valence-electron chi connectivity index (χ3n) is 9.78. The van der Waals surface area contributed by atoms with Crippen molar-refractivity contribution in [3.63, 3.8) is 0 Å². The van der Waals surface area contributed by atoms with Gasteiger partial charge in [0, 0.05) is 24.8 Å². The van der Waals surface area contributed by atoms with Crippen molar-refractivity contribution in [1.29, 1.82) is 0 Å². The van der Waals surface area contributed by atoms with Crippen LogP contribution in [0.1, 0.15) is 48.7 Å². The number of imidazole rings is 1. The molecule has 0 spiro atoms. The Labute approximate surface area is 279 Å². The molecule has 6 heteroatoms. The monoisotopic (exact) mass is 622 g/mol. The van der Waals surface area contributed by atoms with Crippen LogP contribution in [-0.4, -0.2) is 24.1 Å². The van der Waals surface area contributed by atoms with Crippen molar-refractivity contribution < 1.29 is 4.57 Å². The Morgan fingerprint density at radius 2 is 1.35 bits per heavy atom. The minimum atomic E-state index is -0.691. The van der Waals surface area contributed by atoms with Crippen LogP contribution in [0.3, 0.4) is 0 Å². The lowest BCUT2D eigenvalue weighted by Gasteiger charge is -2.35. The SMILES string of the molecule is C[n+]1[c-]n(-c2cccc(C3(c4cc(C(C)(C)C)cc(-n5c6cccnc6c6ncccc65)n4)c4ccccc4-c4ccccc43)c2)cc1. The second kappa shape index (κ2) is 10.3. The van der Waals surface area contributed by atoms with Gasteiger partial charge in [0.2, 0.25) is 6.33 Å². The maximum absolute atomic E-state index is 5.71. The van der Waals surface area contributed by atoms with E-state index in [1.54, 1.807) is 0 Å². The smallest absolute Gasteiger partial charge is 0.243 e. The molecule has 6 nitrogen and oxygen atoms in total. The highest BCUT2D eigenvalue weighted by Gasteiger charge is 2.47. The first kappa shape index (κ1) is 28.4. The fourth-order valence-corrected chi connectivity index (χ4v) is 7.56. The quantitative estimate of drug-likeness (QED) is 0.147. The Balaban J connectivity index is 1.43. The van der Waals surface area contributed by atoms with Crippen molar-refractivity contribution in [3.05, 3.63) is 168 Å². The third kappa shape index (κ3) is 4.05. The summed E-state index contributed by atoms with van der Waals surface area (Å²) in [5.74, 6) is 0.849. The Hall–Kier alpha value is -5.88. The zero-order valence-electron chi connectivity index (χ0n) is 27.4. The molecule has 1 aliphatic rings. The zero-order chi connectivity index (χ0) is 32.6. The predicted molar refractivity (Wildman–Crippen MR) is 190 cm³/mol. The zero-order valence-corrected chi connectivity index (χ0v) is 27.4. The average Bonchev–Trinajstić information content (AvgIpc) is 3.79. The van der Waals surface area contributed by atoms with E-state index in [0.29, 0.717) is 0 Å². The number of fused-ring (bicyclic) bond motifs is 6. The van der Waals surface area contributed by atoms with E-state index in [9.17, 15) is 0 Å². The van der Waals surface area contributed by atoms with Crippen molar-refractivity contribution in [3.8, 4) is 22.6 Å². The minimum Gasteiger partial charge on any atom is -0.326 e. The van der Waals surface area contributed by atoms with E-state index in [0.717, 1.165) is 44.8 Å². The normalized spacial score (nSPS) is 13.6. The molecule has 0 radical (unpaired) electrons. The highest BCUT2D eigenvalue weighted by Crippen LogP contribution is 2.56. The van der Waals surface area contributed by atoms with Gasteiger partial charge in [0.25, 0.3) is 0 Å². The maximum Gasteiger partial charge on any atom is 0.243 e. The summed E-state index contributed by atoms with van der Waals surface area (Å²) in [7, 11) is 1.99. The second-order valence-corrected chi connectivity index (χ2v) is 13.7. The largest absolute Gasteiger partial charge is 0.326 e. The molecule has 0 N–H and O–H groups in total. The Morgan fingerprint density at radius 3 is 1.96 bits per heavy atom. The maximum atomic E-state index is 5.71. The van der Waals surface area contributed by atoms with E-state index in [1.165, 1.54) is 27.8 Å². The molecule has 3 aromatic carbocycles. The first-order chi connectivity index (χ1) is 23.3. The van der Waals surface area contributed by atoms with Crippen LogP contribution < -0.4 is 4.57 Å². The van der Waals surface area contributed by atoms with Crippen molar-refractivity contribution in [2.75, 3.05) is 0 Å². The molecule has 0 fully saturated rings. The molecule has 1 aliphatic carbocycles. The molecule has 232 valence electrons. The van der Waals surface area contributed by atoms with Crippen LogP contribution in [0.4, 0.5) is 0 Å². The summed E-state index contributed by atoms with van der Waals surface area (Å²) in [6, 6.07) is 39.3. The summed E-state index contributed by atoms with van der Waals surface area (Å²) in [4.78, 5) is 15.3. The molecule has 5 aromatic heterocycles. The molecule has 9 rings (SSSR count). The van der Waals surface area contributed by atoms with Gasteiger partial charge < -0.3 is 9.13 Å². The van der Waals surface area contributed by atoms with Crippen molar-refractivity contribution in [1.82, 2.24) is 24.1 Å². The molecule has 0 saturated carbocycles. The van der Waals surface area contributed by atoms with Crippen LogP contribution in [0, 0.1) is 6.33 Å². The molecule has 0 amide bonds. The van der Waals surface area contributed by atoms with Crippen molar-refractivity contribution in [2.24, 2.45) is 7.05 Å². The topological polar surface area (TPSA) is 52.4 Å². The molecule has 0 bridgehead atoms. The molecular weight excluding hydrogens is 589 g/mol. The van der Waals surface area contributed by atoms with Gasteiger partial charge in [-0.1, -0.05) is 93.6 Å². The lowest BCUT2D eigenvalue weighted by molar-refractivity contribution is -0.674. The number of aryl methyl sites for hydroxylation is 1. The van der Waals surface area contributed by atoms with E-state index in [2.05, 4.69) is 129 Å². The van der Waals surface area contributed by atoms with Crippen molar-refractivity contribution in [2.45, 2.75) is 31.6 Å². The Kier molecular flexibility index (Phi) is 6.09. The molecule has 0 saturated heterocycles. The summed E-state index contributed by atoms with van der Waals surface area (Å²) in [6.07, 6.45) is 11.1. The van der Waals surface area contributed by atoms with Gasteiger partial charge in [-0.3, -0.25) is 14.5 Å². The van der Waals surface area contributed by atoms with Gasteiger partial charge in [0.1, 0.15) is 16.9 Å². The molecule has 0 atom stereocenters. The van der Waals surface area contributed by atoms with Crippen LogP contribution in [0.5, 0.6) is 0 Å². The number of nitrogens with zero attached hydrogens (tertiary/aromatic N) is 6. The van der Waals surface area contributed by atoms with Crippen LogP contribution in [-0.2, 0) is 17.9 Å². The van der Waals surface area contributed by atoms with Gasteiger partial charge in [-0.05, 0) is 75.2 Å². The van der Waals surface area contributed by atoms with Crippen molar-refractivity contribution >= 4 is 22.1 Å². The first-order valence-electron chi connectivity index (χ1n) is 16.3. The summed E-state index contributed by atoms with van der Waals surface area (Å²) < 4.78 is 6.22. The van der Waals surface area contributed by atoms with Gasteiger partial charge in [-0.25, -0.2) is 4.98 Å². The third-order valence-corrected chi connectivity index (χ3v) is 9.78. The van der Waals surface area contributed by atoms with Gasteiger partial charge in [0.15, 0.2) is 0 Å². The number of pyridine rings is 3. The van der Waals surface area contributed by atoms with Gasteiger partial charge in [-0.15, -0.1) is 0 Å². The average molecular weight is 623 g/mol. The lowest BCUT2D eigenvalue weighted by Crippen LogP contribution is -2.31. The number of hydrogen-bond acceptors (Lipinski definition) is 3. The van der Waals surface area contributed by atoms with Crippen LogP contribution in [0.15, 0.2) is 134 Å². The summed E-state index contributed by atoms with van der Waals surface area (Å²) in [6.45, 7) is 6.82. The second-order valence-electron chi connectivity index (χ2n) is 13.7. The van der Waals surface area contributed by atoms with Gasteiger partial charge in [0.05, 0.1) is 34.9 Å². The van der Waals surface area contributed by atoms with E-state index in [-0.39, 0.29) is 5.41 Å². The summed E-state index contributed by atoms with van der Waals surface area (Å²) in [5, 5.41) is 0. The fraction of sp³-hybridized carbons (Fsp3) is 0.143. The molecule has 0 unspecified atom stereocenters. The summed E-state index contributed by atoms with van der Waals surface area (Å²) >= 11 is 0. The number of hydrogen-bond donors (Lipinski definition) is 0. The van der Waals surface area contributed by atoms with Crippen LogP contribution >= 0.6 is 0 Å². The molecule has 8 aromatic rings. The Bertz CT molecular complexity index is 2430. The molecule has 48 heavy (non-hydrogen) atoms. The van der Waals surface area contributed by atoms with Gasteiger partial charge in [-0.2, -0.15) is 0 Å². The minimum absolute atomic E-state index is 0.156. The number of aromatic nitrogens is 6.